The molecule has 0 spiro atoms. The van der Waals surface area contributed by atoms with Gasteiger partial charge in [-0.1, -0.05) is 31.5 Å². The Labute approximate surface area is 132 Å². The summed E-state index contributed by atoms with van der Waals surface area (Å²) in [5.41, 5.74) is 2.67. The summed E-state index contributed by atoms with van der Waals surface area (Å²) in [6.07, 6.45) is 5.28. The van der Waals surface area contributed by atoms with Crippen molar-refractivity contribution in [2.45, 2.75) is 39.2 Å². The summed E-state index contributed by atoms with van der Waals surface area (Å²) >= 11 is 0. The summed E-state index contributed by atoms with van der Waals surface area (Å²) in [6, 6.07) is 11.0. The highest BCUT2D eigenvalue weighted by Crippen LogP contribution is 2.37. The van der Waals surface area contributed by atoms with Crippen LogP contribution in [0.4, 0.5) is 17.5 Å². The number of nitrogens with zero attached hydrogens (tertiary/aromatic N) is 4. The molecule has 0 N–H and O–H groups in total. The van der Waals surface area contributed by atoms with Crippen molar-refractivity contribution in [2.24, 2.45) is 0 Å². The number of rotatable bonds is 5. The lowest BCUT2D eigenvalue weighted by molar-refractivity contribution is 0.734. The predicted molar refractivity (Wildman–Crippen MR) is 92.0 cm³/mol. The van der Waals surface area contributed by atoms with Crippen LogP contribution in [0.5, 0.6) is 0 Å². The van der Waals surface area contributed by atoms with E-state index in [1.165, 1.54) is 17.7 Å². The maximum atomic E-state index is 4.80. The lowest BCUT2D eigenvalue weighted by Crippen LogP contribution is -2.26. The monoisotopic (exact) mass is 296 g/mol. The lowest BCUT2D eigenvalue weighted by atomic mass is 10.1. The lowest BCUT2D eigenvalue weighted by Gasteiger charge is -2.25. The fourth-order valence-electron chi connectivity index (χ4n) is 3.07. The van der Waals surface area contributed by atoms with Gasteiger partial charge in [-0.2, -0.15) is 4.98 Å². The molecular weight excluding hydrogens is 272 g/mol. The van der Waals surface area contributed by atoms with E-state index < -0.39 is 0 Å². The Morgan fingerprint density at radius 2 is 2.09 bits per heavy atom. The molecule has 2 heterocycles. The van der Waals surface area contributed by atoms with Crippen molar-refractivity contribution in [1.82, 2.24) is 9.97 Å². The predicted octanol–water partition coefficient (Wildman–Crippen LogP) is 3.80. The van der Waals surface area contributed by atoms with Crippen LogP contribution in [0, 0.1) is 0 Å². The molecular formula is C18H24N4. The van der Waals surface area contributed by atoms with Gasteiger partial charge in [0, 0.05) is 31.5 Å². The third kappa shape index (κ3) is 2.78. The number of para-hydroxylation sites is 1. The number of hydrogen-bond donors (Lipinski definition) is 0. The number of hydrogen-bond acceptors (Lipinski definition) is 4. The van der Waals surface area contributed by atoms with E-state index in [2.05, 4.69) is 59.9 Å². The van der Waals surface area contributed by atoms with E-state index >= 15 is 0 Å². The highest BCUT2D eigenvalue weighted by Gasteiger charge is 2.27. The van der Waals surface area contributed by atoms with Crippen molar-refractivity contribution in [3.63, 3.8) is 0 Å². The van der Waals surface area contributed by atoms with E-state index in [4.69, 9.17) is 4.98 Å². The van der Waals surface area contributed by atoms with E-state index in [-0.39, 0.29) is 0 Å². The van der Waals surface area contributed by atoms with Gasteiger partial charge in [0.15, 0.2) is 0 Å². The topological polar surface area (TPSA) is 32.3 Å². The van der Waals surface area contributed by atoms with Crippen LogP contribution in [0.1, 0.15) is 32.3 Å². The van der Waals surface area contributed by atoms with Gasteiger partial charge in [0.25, 0.3) is 0 Å². The van der Waals surface area contributed by atoms with Crippen LogP contribution in [-0.4, -0.2) is 29.6 Å². The van der Waals surface area contributed by atoms with E-state index in [9.17, 15) is 0 Å². The second-order valence-corrected chi connectivity index (χ2v) is 6.04. The Balaban J connectivity index is 1.89. The molecule has 116 valence electrons. The van der Waals surface area contributed by atoms with Gasteiger partial charge < -0.3 is 9.80 Å². The van der Waals surface area contributed by atoms with Gasteiger partial charge in [-0.15, -0.1) is 0 Å². The minimum Gasteiger partial charge on any atom is -0.344 e. The summed E-state index contributed by atoms with van der Waals surface area (Å²) < 4.78 is 0. The number of unbranched alkanes of at least 4 members (excludes halogenated alkanes) is 1. The average Bonchev–Trinajstić information content (AvgIpc) is 2.88. The van der Waals surface area contributed by atoms with Crippen molar-refractivity contribution in [3.05, 3.63) is 42.1 Å². The second kappa shape index (κ2) is 6.34. The van der Waals surface area contributed by atoms with Crippen LogP contribution in [-0.2, 0) is 6.42 Å². The Bertz CT molecular complexity index is 640. The van der Waals surface area contributed by atoms with Gasteiger partial charge >= 0.3 is 0 Å². The minimum absolute atomic E-state index is 0.432. The average molecular weight is 296 g/mol. The molecule has 0 saturated carbocycles. The number of aromatic nitrogens is 2. The Morgan fingerprint density at radius 3 is 2.91 bits per heavy atom. The smallest absolute Gasteiger partial charge is 0.227 e. The number of anilines is 3. The molecule has 4 nitrogen and oxygen atoms in total. The minimum atomic E-state index is 0.432. The molecule has 0 fully saturated rings. The molecule has 1 aromatic heterocycles. The molecule has 1 unspecified atom stereocenters. The first-order valence-corrected chi connectivity index (χ1v) is 8.12. The van der Waals surface area contributed by atoms with Crippen LogP contribution in [0.25, 0.3) is 0 Å². The summed E-state index contributed by atoms with van der Waals surface area (Å²) in [7, 11) is 2.07. The van der Waals surface area contributed by atoms with Crippen molar-refractivity contribution in [3.8, 4) is 0 Å². The van der Waals surface area contributed by atoms with Crippen molar-refractivity contribution in [1.29, 1.82) is 0 Å². The van der Waals surface area contributed by atoms with Crippen molar-refractivity contribution < 1.29 is 0 Å². The molecule has 0 saturated heterocycles. The molecule has 0 aliphatic carbocycles. The van der Waals surface area contributed by atoms with Crippen LogP contribution < -0.4 is 9.80 Å². The fourth-order valence-corrected chi connectivity index (χ4v) is 3.07. The normalized spacial score (nSPS) is 16.7. The van der Waals surface area contributed by atoms with Gasteiger partial charge in [-0.3, -0.25) is 0 Å². The summed E-state index contributed by atoms with van der Waals surface area (Å²) in [6.45, 7) is 5.45. The van der Waals surface area contributed by atoms with Gasteiger partial charge in [-0.25, -0.2) is 4.98 Å². The quantitative estimate of drug-likeness (QED) is 0.840. The second-order valence-electron chi connectivity index (χ2n) is 6.04. The van der Waals surface area contributed by atoms with Crippen LogP contribution in [0.3, 0.4) is 0 Å². The third-order valence-electron chi connectivity index (χ3n) is 4.27. The van der Waals surface area contributed by atoms with E-state index in [1.807, 2.05) is 12.3 Å². The molecule has 4 heteroatoms. The molecule has 1 aliphatic heterocycles. The zero-order chi connectivity index (χ0) is 15.5. The van der Waals surface area contributed by atoms with Crippen molar-refractivity contribution in [2.75, 3.05) is 23.4 Å². The molecule has 0 radical (unpaired) electrons. The van der Waals surface area contributed by atoms with Gasteiger partial charge in [0.1, 0.15) is 5.82 Å². The highest BCUT2D eigenvalue weighted by molar-refractivity contribution is 5.69. The SMILES string of the molecule is CCCCN(C)c1nccc(N2c3ccccc3CC2C)n1. The zero-order valence-electron chi connectivity index (χ0n) is 13.7. The third-order valence-corrected chi connectivity index (χ3v) is 4.27. The summed E-state index contributed by atoms with van der Waals surface area (Å²) in [5, 5.41) is 0. The molecule has 1 aromatic carbocycles. The zero-order valence-corrected chi connectivity index (χ0v) is 13.7. The van der Waals surface area contributed by atoms with Crippen LogP contribution in [0.15, 0.2) is 36.5 Å². The summed E-state index contributed by atoms with van der Waals surface area (Å²) in [5.74, 6) is 1.80. The largest absolute Gasteiger partial charge is 0.344 e. The summed E-state index contributed by atoms with van der Waals surface area (Å²) in [4.78, 5) is 13.7. The molecule has 3 rings (SSSR count). The standard InChI is InChI=1S/C18H24N4/c1-4-5-12-21(3)18-19-11-10-17(20-18)22-14(2)13-15-8-6-7-9-16(15)22/h6-11,14H,4-5,12-13H2,1-3H3. The first-order chi connectivity index (χ1) is 10.7. The van der Waals surface area contributed by atoms with E-state index in [1.54, 1.807) is 0 Å². The first kappa shape index (κ1) is 14.8. The van der Waals surface area contributed by atoms with E-state index in [0.717, 1.165) is 31.2 Å². The molecule has 22 heavy (non-hydrogen) atoms. The maximum absolute atomic E-state index is 4.80. The molecule has 1 atom stereocenters. The first-order valence-electron chi connectivity index (χ1n) is 8.12. The van der Waals surface area contributed by atoms with Gasteiger partial charge in [0.05, 0.1) is 0 Å². The van der Waals surface area contributed by atoms with Crippen LogP contribution >= 0.6 is 0 Å². The van der Waals surface area contributed by atoms with Gasteiger partial charge in [0.2, 0.25) is 5.95 Å². The van der Waals surface area contributed by atoms with Crippen molar-refractivity contribution >= 4 is 17.5 Å². The van der Waals surface area contributed by atoms with E-state index in [0.29, 0.717) is 6.04 Å². The Hall–Kier alpha value is -2.10. The fraction of sp³-hybridized carbons (Fsp3) is 0.444. The molecule has 2 aromatic rings. The van der Waals surface area contributed by atoms with Gasteiger partial charge in [-0.05, 0) is 37.5 Å². The Morgan fingerprint density at radius 1 is 1.27 bits per heavy atom. The Kier molecular flexibility index (Phi) is 4.27. The molecule has 0 amide bonds. The maximum Gasteiger partial charge on any atom is 0.227 e. The number of benzene rings is 1. The highest BCUT2D eigenvalue weighted by atomic mass is 15.3. The molecule has 0 bridgehead atoms. The van der Waals surface area contributed by atoms with Crippen LogP contribution in [0.2, 0.25) is 0 Å². The number of fused-ring (bicyclic) bond motifs is 1. The molecule has 1 aliphatic rings.